The molecule has 1 atom stereocenters. The van der Waals surface area contributed by atoms with Gasteiger partial charge in [-0.3, -0.25) is 4.98 Å². The summed E-state index contributed by atoms with van der Waals surface area (Å²) in [6.07, 6.45) is 7.43. The summed E-state index contributed by atoms with van der Waals surface area (Å²) < 4.78 is 5.93. The van der Waals surface area contributed by atoms with Crippen molar-refractivity contribution in [1.82, 2.24) is 10.3 Å². The van der Waals surface area contributed by atoms with Gasteiger partial charge in [0.15, 0.2) is 0 Å². The van der Waals surface area contributed by atoms with Crippen LogP contribution in [-0.4, -0.2) is 24.2 Å². The number of hydrogen-bond donors (Lipinski definition) is 1. The first kappa shape index (κ1) is 13.1. The van der Waals surface area contributed by atoms with Crippen LogP contribution in [-0.2, 0) is 0 Å². The van der Waals surface area contributed by atoms with Gasteiger partial charge in [0.1, 0.15) is 12.4 Å². The summed E-state index contributed by atoms with van der Waals surface area (Å²) >= 11 is 0. The van der Waals surface area contributed by atoms with Crippen LogP contribution in [0.1, 0.15) is 19.3 Å². The summed E-state index contributed by atoms with van der Waals surface area (Å²) in [5.41, 5.74) is 2.34. The molecule has 0 aliphatic carbocycles. The molecule has 3 nitrogen and oxygen atoms in total. The van der Waals surface area contributed by atoms with Gasteiger partial charge >= 0.3 is 0 Å². The van der Waals surface area contributed by atoms with E-state index in [4.69, 9.17) is 4.74 Å². The maximum atomic E-state index is 5.93. The third-order valence-electron chi connectivity index (χ3n) is 3.71. The van der Waals surface area contributed by atoms with E-state index < -0.39 is 0 Å². The lowest BCUT2D eigenvalue weighted by molar-refractivity contribution is 0.239. The standard InChI is InChI=1S/C17H20N2O/c1-2-9-19-16(5-1)13-20-17-6-3-4-15(12-17)14-7-10-18-11-8-14/h3-4,6-8,10-12,16,19H,1-2,5,9,13H2. The fraction of sp³-hybridized carbons (Fsp3) is 0.353. The smallest absolute Gasteiger partial charge is 0.119 e. The largest absolute Gasteiger partial charge is 0.492 e. The van der Waals surface area contributed by atoms with Crippen LogP contribution in [0, 0.1) is 0 Å². The zero-order chi connectivity index (χ0) is 13.6. The number of ether oxygens (including phenoxy) is 1. The Morgan fingerprint density at radius 1 is 1.10 bits per heavy atom. The van der Waals surface area contributed by atoms with E-state index in [0.29, 0.717) is 6.04 Å². The predicted molar refractivity (Wildman–Crippen MR) is 80.8 cm³/mol. The lowest BCUT2D eigenvalue weighted by Crippen LogP contribution is -2.38. The molecule has 0 radical (unpaired) electrons. The van der Waals surface area contributed by atoms with Crippen molar-refractivity contribution in [3.05, 3.63) is 48.8 Å². The second kappa shape index (κ2) is 6.53. The van der Waals surface area contributed by atoms with Crippen LogP contribution >= 0.6 is 0 Å². The van der Waals surface area contributed by atoms with Gasteiger partial charge in [-0.2, -0.15) is 0 Å². The minimum absolute atomic E-state index is 0.494. The van der Waals surface area contributed by atoms with Gasteiger partial charge in [0.2, 0.25) is 0 Å². The molecule has 1 unspecified atom stereocenters. The molecule has 1 aliphatic rings. The van der Waals surface area contributed by atoms with E-state index in [9.17, 15) is 0 Å². The molecule has 1 aromatic heterocycles. The van der Waals surface area contributed by atoms with Crippen molar-refractivity contribution in [3.8, 4) is 16.9 Å². The summed E-state index contributed by atoms with van der Waals surface area (Å²) in [6.45, 7) is 1.87. The molecule has 20 heavy (non-hydrogen) atoms. The van der Waals surface area contributed by atoms with Crippen LogP contribution < -0.4 is 10.1 Å². The highest BCUT2D eigenvalue weighted by atomic mass is 16.5. The Balaban J connectivity index is 1.65. The zero-order valence-electron chi connectivity index (χ0n) is 11.6. The van der Waals surface area contributed by atoms with E-state index in [1.807, 2.05) is 36.7 Å². The van der Waals surface area contributed by atoms with E-state index in [-0.39, 0.29) is 0 Å². The van der Waals surface area contributed by atoms with Crippen molar-refractivity contribution < 1.29 is 4.74 Å². The molecule has 0 amide bonds. The van der Waals surface area contributed by atoms with Crippen molar-refractivity contribution in [2.45, 2.75) is 25.3 Å². The van der Waals surface area contributed by atoms with Gasteiger partial charge in [-0.05, 0) is 54.8 Å². The van der Waals surface area contributed by atoms with Crippen LogP contribution in [0.5, 0.6) is 5.75 Å². The Morgan fingerprint density at radius 2 is 2.00 bits per heavy atom. The molecule has 1 aromatic carbocycles. The Morgan fingerprint density at radius 3 is 2.80 bits per heavy atom. The monoisotopic (exact) mass is 268 g/mol. The molecule has 0 bridgehead atoms. The molecule has 2 heterocycles. The molecule has 1 N–H and O–H groups in total. The lowest BCUT2D eigenvalue weighted by Gasteiger charge is -2.23. The van der Waals surface area contributed by atoms with Gasteiger partial charge in [-0.15, -0.1) is 0 Å². The third-order valence-corrected chi connectivity index (χ3v) is 3.71. The molecule has 104 valence electrons. The van der Waals surface area contributed by atoms with Crippen molar-refractivity contribution >= 4 is 0 Å². The van der Waals surface area contributed by atoms with E-state index >= 15 is 0 Å². The number of aromatic nitrogens is 1. The number of piperidine rings is 1. The second-order valence-corrected chi connectivity index (χ2v) is 5.22. The molecule has 0 saturated carbocycles. The molecule has 0 spiro atoms. The fourth-order valence-corrected chi connectivity index (χ4v) is 2.57. The number of nitrogens with zero attached hydrogens (tertiary/aromatic N) is 1. The Labute approximate surface area is 120 Å². The Bertz CT molecular complexity index is 536. The zero-order valence-corrected chi connectivity index (χ0v) is 11.6. The summed E-state index contributed by atoms with van der Waals surface area (Å²) in [5, 5.41) is 3.50. The van der Waals surface area contributed by atoms with Gasteiger partial charge < -0.3 is 10.1 Å². The third kappa shape index (κ3) is 3.36. The second-order valence-electron chi connectivity index (χ2n) is 5.22. The van der Waals surface area contributed by atoms with E-state index in [1.165, 1.54) is 30.4 Å². The minimum atomic E-state index is 0.494. The first-order valence-corrected chi connectivity index (χ1v) is 7.28. The van der Waals surface area contributed by atoms with Crippen molar-refractivity contribution in [2.24, 2.45) is 0 Å². The number of benzene rings is 1. The lowest BCUT2D eigenvalue weighted by atomic mass is 10.1. The maximum Gasteiger partial charge on any atom is 0.119 e. The number of nitrogens with one attached hydrogen (secondary N) is 1. The average molecular weight is 268 g/mol. The first-order valence-electron chi connectivity index (χ1n) is 7.28. The summed E-state index contributed by atoms with van der Waals surface area (Å²) in [5.74, 6) is 0.937. The quantitative estimate of drug-likeness (QED) is 0.924. The first-order chi connectivity index (χ1) is 9.92. The van der Waals surface area contributed by atoms with Gasteiger partial charge in [-0.1, -0.05) is 18.6 Å². The molecule has 1 saturated heterocycles. The Hall–Kier alpha value is -1.87. The van der Waals surface area contributed by atoms with Crippen LogP contribution in [0.4, 0.5) is 0 Å². The number of hydrogen-bond acceptors (Lipinski definition) is 3. The number of rotatable bonds is 4. The van der Waals surface area contributed by atoms with E-state index in [1.54, 1.807) is 0 Å². The average Bonchev–Trinajstić information content (AvgIpc) is 2.55. The predicted octanol–water partition coefficient (Wildman–Crippen LogP) is 3.27. The van der Waals surface area contributed by atoms with Gasteiger partial charge in [0, 0.05) is 18.4 Å². The SMILES string of the molecule is c1cc(OCC2CCCCN2)cc(-c2ccncc2)c1. The molecular weight excluding hydrogens is 248 g/mol. The van der Waals surface area contributed by atoms with Crippen molar-refractivity contribution in [3.63, 3.8) is 0 Å². The van der Waals surface area contributed by atoms with Crippen molar-refractivity contribution in [2.75, 3.05) is 13.2 Å². The number of pyridine rings is 1. The highest BCUT2D eigenvalue weighted by Gasteiger charge is 2.12. The van der Waals surface area contributed by atoms with Crippen LogP contribution in [0.2, 0.25) is 0 Å². The normalized spacial score (nSPS) is 18.7. The highest BCUT2D eigenvalue weighted by Crippen LogP contribution is 2.23. The molecule has 2 aromatic rings. The van der Waals surface area contributed by atoms with Gasteiger partial charge in [0.25, 0.3) is 0 Å². The van der Waals surface area contributed by atoms with Gasteiger partial charge in [0.05, 0.1) is 0 Å². The van der Waals surface area contributed by atoms with E-state index in [0.717, 1.165) is 18.9 Å². The molecule has 3 rings (SSSR count). The topological polar surface area (TPSA) is 34.1 Å². The van der Waals surface area contributed by atoms with Crippen molar-refractivity contribution in [1.29, 1.82) is 0 Å². The minimum Gasteiger partial charge on any atom is -0.492 e. The molecular formula is C17H20N2O. The summed E-state index contributed by atoms with van der Waals surface area (Å²) in [4.78, 5) is 4.05. The van der Waals surface area contributed by atoms with Gasteiger partial charge in [-0.25, -0.2) is 0 Å². The molecule has 3 heteroatoms. The molecule has 1 fully saturated rings. The maximum absolute atomic E-state index is 5.93. The van der Waals surface area contributed by atoms with Crippen LogP contribution in [0.3, 0.4) is 0 Å². The fourth-order valence-electron chi connectivity index (χ4n) is 2.57. The Kier molecular flexibility index (Phi) is 4.28. The molecule has 1 aliphatic heterocycles. The summed E-state index contributed by atoms with van der Waals surface area (Å²) in [7, 11) is 0. The highest BCUT2D eigenvalue weighted by molar-refractivity contribution is 5.64. The van der Waals surface area contributed by atoms with Crippen LogP contribution in [0.15, 0.2) is 48.8 Å². The van der Waals surface area contributed by atoms with E-state index in [2.05, 4.69) is 22.4 Å². The summed E-state index contributed by atoms with van der Waals surface area (Å²) in [6, 6.07) is 12.8. The van der Waals surface area contributed by atoms with Crippen LogP contribution in [0.25, 0.3) is 11.1 Å².